The molecule has 90 valence electrons. The number of anilines is 1. The molecule has 3 N–H and O–H groups in total. The summed E-state index contributed by atoms with van der Waals surface area (Å²) in [6.07, 6.45) is 0.353. The summed E-state index contributed by atoms with van der Waals surface area (Å²) in [5, 5.41) is 2.85. The normalized spacial score (nSPS) is 11.5. The minimum absolute atomic E-state index is 0. The number of carbonyl (C=O) groups is 1. The summed E-state index contributed by atoms with van der Waals surface area (Å²) in [7, 11) is 0. The van der Waals surface area contributed by atoms with Gasteiger partial charge in [0.25, 0.3) is 0 Å². The zero-order valence-electron chi connectivity index (χ0n) is 9.29. The van der Waals surface area contributed by atoms with E-state index in [0.29, 0.717) is 6.42 Å². The number of halogens is 2. The monoisotopic (exact) mass is 354 g/mol. The first-order valence-electron chi connectivity index (χ1n) is 4.80. The first kappa shape index (κ1) is 15.7. The van der Waals surface area contributed by atoms with Crippen LogP contribution in [0.5, 0.6) is 0 Å². The van der Waals surface area contributed by atoms with Crippen molar-refractivity contribution in [3.8, 4) is 0 Å². The highest BCUT2D eigenvalue weighted by atomic mass is 127. The lowest BCUT2D eigenvalue weighted by atomic mass is 10.2. The van der Waals surface area contributed by atoms with Gasteiger partial charge in [-0.1, -0.05) is 0 Å². The van der Waals surface area contributed by atoms with Gasteiger partial charge in [0, 0.05) is 21.7 Å². The van der Waals surface area contributed by atoms with Crippen LogP contribution in [0.2, 0.25) is 0 Å². The maximum atomic E-state index is 11.5. The van der Waals surface area contributed by atoms with Gasteiger partial charge >= 0.3 is 0 Å². The van der Waals surface area contributed by atoms with Gasteiger partial charge in [0.2, 0.25) is 5.91 Å². The van der Waals surface area contributed by atoms with Crippen LogP contribution in [-0.2, 0) is 4.79 Å². The first-order chi connectivity index (χ1) is 6.99. The fraction of sp³-hybridized carbons (Fsp3) is 0.364. The fourth-order valence-corrected chi connectivity index (χ4v) is 1.91. The smallest absolute Gasteiger partial charge is 0.225 e. The van der Waals surface area contributed by atoms with E-state index in [0.717, 1.165) is 14.8 Å². The highest BCUT2D eigenvalue weighted by Crippen LogP contribution is 2.17. The van der Waals surface area contributed by atoms with Crippen LogP contribution < -0.4 is 11.1 Å². The van der Waals surface area contributed by atoms with Gasteiger partial charge in [-0.15, -0.1) is 12.4 Å². The Kier molecular flexibility index (Phi) is 6.94. The lowest BCUT2D eigenvalue weighted by Gasteiger charge is -2.09. The molecule has 1 rings (SSSR count). The summed E-state index contributed by atoms with van der Waals surface area (Å²) in [4.78, 5) is 11.5. The van der Waals surface area contributed by atoms with E-state index < -0.39 is 0 Å². The molecule has 0 heterocycles. The standard InChI is InChI=1S/C11H15IN2O.ClH/c1-7-5-9(12)3-4-10(7)14-11(15)6-8(2)13;/h3-5,8H,6,13H2,1-2H3,(H,14,15);1H. The molecule has 0 aromatic heterocycles. The van der Waals surface area contributed by atoms with Crippen molar-refractivity contribution in [3.63, 3.8) is 0 Å². The molecule has 1 amide bonds. The Labute approximate surface area is 116 Å². The van der Waals surface area contributed by atoms with Crippen molar-refractivity contribution in [2.45, 2.75) is 26.3 Å². The second-order valence-corrected chi connectivity index (χ2v) is 4.93. The molecule has 0 saturated carbocycles. The van der Waals surface area contributed by atoms with Gasteiger partial charge in [-0.2, -0.15) is 0 Å². The molecule has 16 heavy (non-hydrogen) atoms. The summed E-state index contributed by atoms with van der Waals surface area (Å²) >= 11 is 2.24. The van der Waals surface area contributed by atoms with Crippen molar-refractivity contribution in [2.75, 3.05) is 5.32 Å². The van der Waals surface area contributed by atoms with Crippen LogP contribution in [0.15, 0.2) is 18.2 Å². The van der Waals surface area contributed by atoms with Gasteiger partial charge in [0.1, 0.15) is 0 Å². The number of nitrogens with two attached hydrogens (primary N) is 1. The highest BCUT2D eigenvalue weighted by Gasteiger charge is 2.06. The average molecular weight is 355 g/mol. The summed E-state index contributed by atoms with van der Waals surface area (Å²) in [5.41, 5.74) is 7.48. The number of carbonyl (C=O) groups excluding carboxylic acids is 1. The summed E-state index contributed by atoms with van der Waals surface area (Å²) < 4.78 is 1.16. The molecule has 0 saturated heterocycles. The molecule has 1 aromatic rings. The van der Waals surface area contributed by atoms with E-state index >= 15 is 0 Å². The fourth-order valence-electron chi connectivity index (χ4n) is 1.26. The van der Waals surface area contributed by atoms with Crippen LogP contribution >= 0.6 is 35.0 Å². The Morgan fingerprint density at radius 1 is 1.56 bits per heavy atom. The molecule has 0 radical (unpaired) electrons. The molecular weight excluding hydrogens is 338 g/mol. The van der Waals surface area contributed by atoms with Crippen molar-refractivity contribution < 1.29 is 4.79 Å². The Hall–Kier alpha value is -0.330. The Morgan fingerprint density at radius 3 is 2.69 bits per heavy atom. The van der Waals surface area contributed by atoms with Crippen molar-refractivity contribution >= 4 is 46.6 Å². The van der Waals surface area contributed by atoms with Crippen molar-refractivity contribution in [1.82, 2.24) is 0 Å². The van der Waals surface area contributed by atoms with E-state index in [1.54, 1.807) is 0 Å². The van der Waals surface area contributed by atoms with E-state index in [1.807, 2.05) is 32.0 Å². The molecular formula is C11H16ClIN2O. The second kappa shape index (κ2) is 7.09. The van der Waals surface area contributed by atoms with Gasteiger partial charge in [-0.05, 0) is 60.2 Å². The largest absolute Gasteiger partial charge is 0.327 e. The lowest BCUT2D eigenvalue weighted by Crippen LogP contribution is -2.24. The van der Waals surface area contributed by atoms with Crippen LogP contribution in [0.1, 0.15) is 18.9 Å². The molecule has 0 aliphatic heterocycles. The van der Waals surface area contributed by atoms with Crippen LogP contribution in [0, 0.1) is 10.5 Å². The van der Waals surface area contributed by atoms with Gasteiger partial charge in [-0.25, -0.2) is 0 Å². The zero-order valence-corrected chi connectivity index (χ0v) is 12.3. The minimum atomic E-state index is -0.103. The number of amides is 1. The Balaban J connectivity index is 0.00000225. The predicted octanol–water partition coefficient (Wildman–Crippen LogP) is 2.70. The molecule has 0 bridgehead atoms. The molecule has 0 fully saturated rings. The van der Waals surface area contributed by atoms with Crippen molar-refractivity contribution in [2.24, 2.45) is 5.73 Å². The number of hydrogen-bond donors (Lipinski definition) is 2. The van der Waals surface area contributed by atoms with Gasteiger partial charge in [-0.3, -0.25) is 4.79 Å². The van der Waals surface area contributed by atoms with Crippen LogP contribution in [0.25, 0.3) is 0 Å². The number of hydrogen-bond acceptors (Lipinski definition) is 2. The van der Waals surface area contributed by atoms with E-state index in [9.17, 15) is 4.79 Å². The van der Waals surface area contributed by atoms with Crippen LogP contribution in [0.4, 0.5) is 5.69 Å². The van der Waals surface area contributed by atoms with Gasteiger partial charge in [0.05, 0.1) is 0 Å². The van der Waals surface area contributed by atoms with Gasteiger partial charge < -0.3 is 11.1 Å². The third-order valence-electron chi connectivity index (χ3n) is 1.97. The summed E-state index contributed by atoms with van der Waals surface area (Å²) in [6, 6.07) is 5.81. The van der Waals surface area contributed by atoms with Crippen molar-refractivity contribution in [1.29, 1.82) is 0 Å². The highest BCUT2D eigenvalue weighted by molar-refractivity contribution is 14.1. The third-order valence-corrected chi connectivity index (χ3v) is 2.64. The van der Waals surface area contributed by atoms with Crippen LogP contribution in [-0.4, -0.2) is 11.9 Å². The molecule has 0 aliphatic carbocycles. The van der Waals surface area contributed by atoms with E-state index in [4.69, 9.17) is 5.73 Å². The maximum absolute atomic E-state index is 11.5. The summed E-state index contributed by atoms with van der Waals surface area (Å²) in [5.74, 6) is -0.0330. The Morgan fingerprint density at radius 2 is 2.19 bits per heavy atom. The number of rotatable bonds is 3. The predicted molar refractivity (Wildman–Crippen MR) is 78.0 cm³/mol. The summed E-state index contributed by atoms with van der Waals surface area (Å²) in [6.45, 7) is 3.80. The van der Waals surface area contributed by atoms with Gasteiger partial charge in [0.15, 0.2) is 0 Å². The topological polar surface area (TPSA) is 55.1 Å². The molecule has 3 nitrogen and oxygen atoms in total. The molecule has 0 aliphatic rings. The third kappa shape index (κ3) is 5.14. The molecule has 1 unspecified atom stereocenters. The average Bonchev–Trinajstić information content (AvgIpc) is 2.08. The molecule has 5 heteroatoms. The molecule has 1 atom stereocenters. The van der Waals surface area contributed by atoms with Crippen molar-refractivity contribution in [3.05, 3.63) is 27.3 Å². The number of nitrogens with one attached hydrogen (secondary N) is 1. The minimum Gasteiger partial charge on any atom is -0.327 e. The van der Waals surface area contributed by atoms with E-state index in [1.165, 1.54) is 0 Å². The second-order valence-electron chi connectivity index (χ2n) is 3.69. The molecule has 0 spiro atoms. The Bertz CT molecular complexity index is 369. The first-order valence-corrected chi connectivity index (χ1v) is 5.88. The number of aryl methyl sites for hydroxylation is 1. The van der Waals surface area contributed by atoms with E-state index in [-0.39, 0.29) is 24.4 Å². The van der Waals surface area contributed by atoms with Crippen LogP contribution in [0.3, 0.4) is 0 Å². The zero-order chi connectivity index (χ0) is 11.4. The number of benzene rings is 1. The SMILES string of the molecule is Cc1cc(I)ccc1NC(=O)CC(C)N.Cl. The lowest BCUT2D eigenvalue weighted by molar-refractivity contribution is -0.116. The van der Waals surface area contributed by atoms with E-state index in [2.05, 4.69) is 27.9 Å². The quantitative estimate of drug-likeness (QED) is 0.820. The maximum Gasteiger partial charge on any atom is 0.225 e. The molecule has 1 aromatic carbocycles.